The van der Waals surface area contributed by atoms with Crippen LogP contribution in [0.1, 0.15) is 6.42 Å². The van der Waals surface area contributed by atoms with Crippen LogP contribution in [0.15, 0.2) is 6.08 Å². The lowest BCUT2D eigenvalue weighted by Gasteiger charge is -1.68. The first-order valence-electron chi connectivity index (χ1n) is 1.67. The minimum absolute atomic E-state index is 0.198. The maximum atomic E-state index is 11.0. The third kappa shape index (κ3) is 3.38. The molecule has 0 aromatic rings. The largest absolute Gasteiger partial charge is 0.251 e. The molecule has 0 aromatic carbocycles. The second-order valence-electron chi connectivity index (χ2n) is 0.800. The lowest BCUT2D eigenvalue weighted by Crippen LogP contribution is -1.65. The highest BCUT2D eigenvalue weighted by atomic mass is 19.1. The van der Waals surface area contributed by atoms with Crippen LogP contribution in [0.2, 0.25) is 0 Å². The van der Waals surface area contributed by atoms with E-state index in [1.807, 2.05) is 0 Å². The van der Waals surface area contributed by atoms with Crippen molar-refractivity contribution in [2.24, 2.45) is 0 Å². The topological polar surface area (TPSA) is 17.1 Å². The fourth-order valence-electron chi connectivity index (χ4n) is 0.113. The van der Waals surface area contributed by atoms with E-state index in [0.717, 1.165) is 6.08 Å². The van der Waals surface area contributed by atoms with Crippen LogP contribution in [0.5, 0.6) is 0 Å². The summed E-state index contributed by atoms with van der Waals surface area (Å²) in [5, 5.41) is 0. The molecule has 0 aliphatic heterocycles. The van der Waals surface area contributed by atoms with Crippen LogP contribution in [0, 0.1) is 0 Å². The summed E-state index contributed by atoms with van der Waals surface area (Å²) in [6, 6.07) is 0. The molecule has 0 bridgehead atoms. The maximum absolute atomic E-state index is 11.0. The van der Waals surface area contributed by atoms with E-state index in [2.05, 4.69) is 0 Å². The lowest BCUT2D eigenvalue weighted by atomic mass is 10.5. The number of halogens is 1. The molecule has 1 nitrogen and oxygen atoms in total. The number of rotatable bonds is 2. The minimum atomic E-state index is -0.463. The van der Waals surface area contributed by atoms with Gasteiger partial charge in [-0.25, -0.2) is 4.79 Å². The van der Waals surface area contributed by atoms with Gasteiger partial charge in [0.05, 0.1) is 6.67 Å². The molecule has 0 spiro atoms. The number of hydrogen-bond donors (Lipinski definition) is 0. The molecule has 0 saturated carbocycles. The number of allylic oxidation sites excluding steroid dienone is 1. The molecule has 34 valence electrons. The van der Waals surface area contributed by atoms with Crippen molar-refractivity contribution in [2.45, 2.75) is 6.42 Å². The molecule has 0 aliphatic carbocycles. The number of hydrogen-bond acceptors (Lipinski definition) is 1. The molecule has 2 heteroatoms. The van der Waals surface area contributed by atoms with Gasteiger partial charge < -0.3 is 0 Å². The average Bonchev–Trinajstić information content (AvgIpc) is 1.61. The quantitative estimate of drug-likeness (QED) is 0.455. The zero-order valence-corrected chi connectivity index (χ0v) is 3.28. The van der Waals surface area contributed by atoms with Gasteiger partial charge in [0.2, 0.25) is 0 Å². The van der Waals surface area contributed by atoms with Crippen molar-refractivity contribution in [3.05, 3.63) is 6.08 Å². The average molecular weight is 88.1 g/mol. The van der Waals surface area contributed by atoms with Gasteiger partial charge in [0, 0.05) is 12.5 Å². The zero-order chi connectivity index (χ0) is 4.83. The smallest absolute Gasteiger partial charge is 0.120 e. The summed E-state index contributed by atoms with van der Waals surface area (Å²) in [5.74, 6) is 1.45. The Bertz CT molecular complexity index is 63.9. The van der Waals surface area contributed by atoms with Gasteiger partial charge in [0.1, 0.15) is 5.94 Å². The van der Waals surface area contributed by atoms with Crippen LogP contribution in [0.3, 0.4) is 0 Å². The highest BCUT2D eigenvalue weighted by Crippen LogP contribution is 1.75. The first kappa shape index (κ1) is 5.38. The molecule has 6 heavy (non-hydrogen) atoms. The zero-order valence-electron chi connectivity index (χ0n) is 3.28. The molecule has 0 fully saturated rings. The predicted molar refractivity (Wildman–Crippen MR) is 20.9 cm³/mol. The van der Waals surface area contributed by atoms with E-state index in [4.69, 9.17) is 0 Å². The van der Waals surface area contributed by atoms with E-state index in [1.54, 1.807) is 0 Å². The van der Waals surface area contributed by atoms with Gasteiger partial charge in [0.15, 0.2) is 0 Å². The van der Waals surface area contributed by atoms with E-state index in [1.165, 1.54) is 5.94 Å². The van der Waals surface area contributed by atoms with Crippen LogP contribution < -0.4 is 0 Å². The molecular weight excluding hydrogens is 83.0 g/mol. The Morgan fingerprint density at radius 3 is 2.67 bits per heavy atom. The molecule has 0 atom stereocenters. The van der Waals surface area contributed by atoms with E-state index < -0.39 is 6.67 Å². The van der Waals surface area contributed by atoms with E-state index in [-0.39, 0.29) is 6.42 Å². The Morgan fingerprint density at radius 2 is 2.50 bits per heavy atom. The highest BCUT2D eigenvalue weighted by Gasteiger charge is 1.69. The van der Waals surface area contributed by atoms with Gasteiger partial charge in [-0.3, -0.25) is 4.39 Å². The molecule has 0 N–H and O–H groups in total. The summed E-state index contributed by atoms with van der Waals surface area (Å²) in [6.07, 6.45) is 1.32. The SMILES string of the molecule is O=C=CCCF. The van der Waals surface area contributed by atoms with Crippen LogP contribution in [-0.4, -0.2) is 12.6 Å². The summed E-state index contributed by atoms with van der Waals surface area (Å²) >= 11 is 0. The Labute approximate surface area is 35.5 Å². The molecule has 0 rings (SSSR count). The van der Waals surface area contributed by atoms with Crippen molar-refractivity contribution >= 4 is 5.94 Å². The summed E-state index contributed by atoms with van der Waals surface area (Å²) in [5.41, 5.74) is 0. The fourth-order valence-corrected chi connectivity index (χ4v) is 0.113. The van der Waals surface area contributed by atoms with Crippen LogP contribution >= 0.6 is 0 Å². The van der Waals surface area contributed by atoms with Crippen molar-refractivity contribution < 1.29 is 9.18 Å². The summed E-state index contributed by atoms with van der Waals surface area (Å²) in [6.45, 7) is -0.463. The van der Waals surface area contributed by atoms with Crippen molar-refractivity contribution in [1.82, 2.24) is 0 Å². The molecule has 0 unspecified atom stereocenters. The van der Waals surface area contributed by atoms with E-state index in [0.29, 0.717) is 0 Å². The monoisotopic (exact) mass is 88.0 g/mol. The fraction of sp³-hybridized carbons (Fsp3) is 0.500. The standard InChI is InChI=1S/C4H5FO/c5-3-1-2-4-6/h2H,1,3H2. The normalized spacial score (nSPS) is 6.83. The first-order chi connectivity index (χ1) is 2.91. The summed E-state index contributed by atoms with van der Waals surface area (Å²) in [4.78, 5) is 9.22. The van der Waals surface area contributed by atoms with Gasteiger partial charge in [-0.2, -0.15) is 0 Å². The van der Waals surface area contributed by atoms with E-state index in [9.17, 15) is 9.18 Å². The van der Waals surface area contributed by atoms with Gasteiger partial charge in [-0.1, -0.05) is 0 Å². The van der Waals surface area contributed by atoms with Gasteiger partial charge in [-0.15, -0.1) is 0 Å². The highest BCUT2D eigenvalue weighted by molar-refractivity contribution is 5.44. The Morgan fingerprint density at radius 1 is 1.83 bits per heavy atom. The third-order valence-corrected chi connectivity index (χ3v) is 0.337. The molecule has 0 amide bonds. The van der Waals surface area contributed by atoms with Crippen molar-refractivity contribution in [2.75, 3.05) is 6.67 Å². The number of carbonyl (C=O) groups excluding carboxylic acids is 1. The summed E-state index contributed by atoms with van der Waals surface area (Å²) in [7, 11) is 0. The lowest BCUT2D eigenvalue weighted by molar-refractivity contribution is 0.500. The van der Waals surface area contributed by atoms with E-state index >= 15 is 0 Å². The van der Waals surface area contributed by atoms with Gasteiger partial charge in [0.25, 0.3) is 0 Å². The van der Waals surface area contributed by atoms with Crippen LogP contribution in [-0.2, 0) is 4.79 Å². The predicted octanol–water partition coefficient (Wildman–Crippen LogP) is 0.734. The molecule has 0 saturated heterocycles. The third-order valence-electron chi connectivity index (χ3n) is 0.337. The van der Waals surface area contributed by atoms with Crippen molar-refractivity contribution in [3.8, 4) is 0 Å². The van der Waals surface area contributed by atoms with Crippen molar-refractivity contribution in [1.29, 1.82) is 0 Å². The molecule has 0 aliphatic rings. The maximum Gasteiger partial charge on any atom is 0.120 e. The minimum Gasteiger partial charge on any atom is -0.251 e. The second kappa shape index (κ2) is 4.38. The molecule has 0 radical (unpaired) electrons. The van der Waals surface area contributed by atoms with Gasteiger partial charge >= 0.3 is 0 Å². The molecule has 0 aromatic heterocycles. The Kier molecular flexibility index (Phi) is 3.93. The molecular formula is C4H5FO. The second-order valence-corrected chi connectivity index (χ2v) is 0.800. The van der Waals surface area contributed by atoms with Crippen LogP contribution in [0.25, 0.3) is 0 Å². The Hall–Kier alpha value is -0.620. The Balaban J connectivity index is 2.86. The molecule has 0 heterocycles. The van der Waals surface area contributed by atoms with Gasteiger partial charge in [-0.05, 0) is 0 Å². The first-order valence-corrected chi connectivity index (χ1v) is 1.67. The van der Waals surface area contributed by atoms with Crippen LogP contribution in [0.4, 0.5) is 4.39 Å². The summed E-state index contributed by atoms with van der Waals surface area (Å²) < 4.78 is 11.0. The van der Waals surface area contributed by atoms with Crippen molar-refractivity contribution in [3.63, 3.8) is 0 Å². The number of alkyl halides is 1.